The summed E-state index contributed by atoms with van der Waals surface area (Å²) in [5, 5.41) is 6.81. The maximum atomic E-state index is 12.9. The number of rotatable bonds is 3. The highest BCUT2D eigenvalue weighted by molar-refractivity contribution is 7.91. The Balaban J connectivity index is 1.58. The number of carbonyl (C=O) groups excluding carboxylic acids is 1. The molecule has 0 spiro atoms. The summed E-state index contributed by atoms with van der Waals surface area (Å²) < 4.78 is 24.6. The number of amides is 1. The second kappa shape index (κ2) is 6.48. The Hall–Kier alpha value is -2.26. The van der Waals surface area contributed by atoms with Gasteiger partial charge in [-0.05, 0) is 24.6 Å². The van der Waals surface area contributed by atoms with Gasteiger partial charge in [-0.25, -0.2) is 8.42 Å². The van der Waals surface area contributed by atoms with E-state index in [1.807, 2.05) is 19.1 Å². The van der Waals surface area contributed by atoms with E-state index in [0.717, 1.165) is 11.3 Å². The van der Waals surface area contributed by atoms with Crippen molar-refractivity contribution in [1.29, 1.82) is 0 Å². The molecule has 1 N–H and O–H groups in total. The number of hydrogen-bond acceptors (Lipinski definition) is 6. The van der Waals surface area contributed by atoms with Crippen LogP contribution in [-0.4, -0.2) is 76.0 Å². The van der Waals surface area contributed by atoms with Crippen LogP contribution in [0.15, 0.2) is 30.6 Å². The monoisotopic (exact) mass is 375 g/mol. The lowest BCUT2D eigenvalue weighted by atomic mass is 10.0. The Morgan fingerprint density at radius 3 is 2.81 bits per heavy atom. The smallest absolute Gasteiger partial charge is 0.274 e. The Bertz CT molecular complexity index is 911. The number of aromatic amines is 1. The van der Waals surface area contributed by atoms with Crippen molar-refractivity contribution in [3.8, 4) is 0 Å². The first kappa shape index (κ1) is 17.2. The molecule has 2 fully saturated rings. The Morgan fingerprint density at radius 1 is 1.31 bits per heavy atom. The number of fused-ring (bicyclic) bond motifs is 1. The first-order chi connectivity index (χ1) is 12.4. The Labute approximate surface area is 152 Å². The molecule has 0 bridgehead atoms. The molecule has 1 amide bonds. The van der Waals surface area contributed by atoms with Crippen LogP contribution in [0.4, 0.5) is 0 Å². The van der Waals surface area contributed by atoms with Gasteiger partial charge in [0.25, 0.3) is 5.91 Å². The molecular weight excluding hydrogens is 354 g/mol. The number of aromatic nitrogens is 3. The van der Waals surface area contributed by atoms with Gasteiger partial charge >= 0.3 is 0 Å². The van der Waals surface area contributed by atoms with Crippen LogP contribution in [-0.2, 0) is 16.4 Å². The summed E-state index contributed by atoms with van der Waals surface area (Å²) in [4.78, 5) is 20.8. The minimum atomic E-state index is -3.18. The van der Waals surface area contributed by atoms with E-state index in [2.05, 4.69) is 20.1 Å². The van der Waals surface area contributed by atoms with Crippen molar-refractivity contribution in [1.82, 2.24) is 25.0 Å². The van der Waals surface area contributed by atoms with Crippen LogP contribution in [0.25, 0.3) is 0 Å². The summed E-state index contributed by atoms with van der Waals surface area (Å²) >= 11 is 0. The standard InChI is InChI=1S/C17H21N5O3S/c1-12-7-14(20-19-12)17(23)22-6-5-21(9-13-3-2-4-18-8-13)15-10-26(24,25)11-16(15)22/h2-4,7-8,15-16H,5-6,9-11H2,1H3,(H,19,20)/t15-,16+/m1/s1. The van der Waals surface area contributed by atoms with Crippen LogP contribution in [0.1, 0.15) is 21.7 Å². The van der Waals surface area contributed by atoms with E-state index in [1.54, 1.807) is 23.4 Å². The van der Waals surface area contributed by atoms with Gasteiger partial charge in [0.2, 0.25) is 0 Å². The molecule has 0 unspecified atom stereocenters. The Kier molecular flexibility index (Phi) is 4.28. The van der Waals surface area contributed by atoms with Crippen molar-refractivity contribution in [2.75, 3.05) is 24.6 Å². The predicted molar refractivity (Wildman–Crippen MR) is 95.2 cm³/mol. The van der Waals surface area contributed by atoms with Gasteiger partial charge in [-0.15, -0.1) is 0 Å². The molecule has 4 heterocycles. The van der Waals surface area contributed by atoms with E-state index in [9.17, 15) is 13.2 Å². The quantitative estimate of drug-likeness (QED) is 0.825. The van der Waals surface area contributed by atoms with E-state index in [1.165, 1.54) is 0 Å². The number of H-pyrrole nitrogens is 1. The van der Waals surface area contributed by atoms with Gasteiger partial charge < -0.3 is 4.90 Å². The summed E-state index contributed by atoms with van der Waals surface area (Å²) in [5.74, 6) is -0.111. The molecular formula is C17H21N5O3S. The third-order valence-electron chi connectivity index (χ3n) is 5.09. The molecule has 2 aliphatic rings. The fraction of sp³-hybridized carbons (Fsp3) is 0.471. The van der Waals surface area contributed by atoms with Crippen molar-refractivity contribution < 1.29 is 13.2 Å². The highest BCUT2D eigenvalue weighted by Crippen LogP contribution is 2.29. The van der Waals surface area contributed by atoms with Crippen LogP contribution >= 0.6 is 0 Å². The molecule has 138 valence electrons. The third kappa shape index (κ3) is 3.24. The number of pyridine rings is 1. The lowest BCUT2D eigenvalue weighted by Gasteiger charge is -2.43. The van der Waals surface area contributed by atoms with E-state index >= 15 is 0 Å². The first-order valence-electron chi connectivity index (χ1n) is 8.59. The summed E-state index contributed by atoms with van der Waals surface area (Å²) in [5.41, 5.74) is 2.18. The van der Waals surface area contributed by atoms with Gasteiger partial charge in [0.1, 0.15) is 5.69 Å². The van der Waals surface area contributed by atoms with Crippen LogP contribution in [0.5, 0.6) is 0 Å². The van der Waals surface area contributed by atoms with Crippen LogP contribution in [0.3, 0.4) is 0 Å². The molecule has 0 radical (unpaired) electrons. The number of carbonyl (C=O) groups is 1. The van der Waals surface area contributed by atoms with E-state index < -0.39 is 9.84 Å². The lowest BCUT2D eigenvalue weighted by molar-refractivity contribution is 0.0301. The van der Waals surface area contributed by atoms with Crippen LogP contribution in [0.2, 0.25) is 0 Å². The maximum absolute atomic E-state index is 12.9. The van der Waals surface area contributed by atoms with Gasteiger partial charge in [0.15, 0.2) is 9.84 Å². The van der Waals surface area contributed by atoms with Gasteiger partial charge in [0.05, 0.1) is 17.5 Å². The van der Waals surface area contributed by atoms with Gasteiger partial charge in [-0.3, -0.25) is 19.8 Å². The van der Waals surface area contributed by atoms with Crippen molar-refractivity contribution in [3.05, 3.63) is 47.5 Å². The largest absolute Gasteiger partial charge is 0.330 e. The molecule has 2 saturated heterocycles. The molecule has 0 saturated carbocycles. The maximum Gasteiger partial charge on any atom is 0.274 e. The minimum Gasteiger partial charge on any atom is -0.330 e. The average Bonchev–Trinajstić information content (AvgIpc) is 3.18. The number of sulfone groups is 1. The van der Waals surface area contributed by atoms with Crippen molar-refractivity contribution >= 4 is 15.7 Å². The summed E-state index contributed by atoms with van der Waals surface area (Å²) in [6, 6.07) is 5.02. The van der Waals surface area contributed by atoms with E-state index in [-0.39, 0.29) is 29.5 Å². The summed E-state index contributed by atoms with van der Waals surface area (Å²) in [6.45, 7) is 3.58. The van der Waals surface area contributed by atoms with Crippen molar-refractivity contribution in [3.63, 3.8) is 0 Å². The number of piperazine rings is 1. The molecule has 9 heteroatoms. The SMILES string of the molecule is Cc1cc(C(=O)N2CCN(Cc3cccnc3)[C@@H]3CS(=O)(=O)C[C@@H]32)n[nH]1. The van der Waals surface area contributed by atoms with Gasteiger partial charge in [0, 0.05) is 43.8 Å². The first-order valence-corrected chi connectivity index (χ1v) is 10.4. The predicted octanol–water partition coefficient (Wildman–Crippen LogP) is 0.237. The molecule has 2 aromatic heterocycles. The third-order valence-corrected chi connectivity index (χ3v) is 6.78. The lowest BCUT2D eigenvalue weighted by Crippen LogP contribution is -2.60. The van der Waals surface area contributed by atoms with Crippen molar-refractivity contribution in [2.24, 2.45) is 0 Å². The fourth-order valence-corrected chi connectivity index (χ4v) is 5.89. The van der Waals surface area contributed by atoms with Crippen LogP contribution < -0.4 is 0 Å². The molecule has 0 aromatic carbocycles. The summed E-state index contributed by atoms with van der Waals surface area (Å²) in [7, 11) is -3.18. The number of hydrogen-bond donors (Lipinski definition) is 1. The molecule has 8 nitrogen and oxygen atoms in total. The Morgan fingerprint density at radius 2 is 2.12 bits per heavy atom. The molecule has 4 rings (SSSR count). The number of nitrogens with zero attached hydrogens (tertiary/aromatic N) is 4. The normalized spacial score (nSPS) is 25.2. The van der Waals surface area contributed by atoms with E-state index in [0.29, 0.717) is 25.3 Å². The second-order valence-electron chi connectivity index (χ2n) is 6.98. The minimum absolute atomic E-state index is 0.0103. The second-order valence-corrected chi connectivity index (χ2v) is 9.13. The highest BCUT2D eigenvalue weighted by atomic mass is 32.2. The molecule has 2 atom stereocenters. The zero-order valence-electron chi connectivity index (χ0n) is 14.5. The van der Waals surface area contributed by atoms with Crippen molar-refractivity contribution in [2.45, 2.75) is 25.6 Å². The average molecular weight is 375 g/mol. The summed E-state index contributed by atoms with van der Waals surface area (Å²) in [6.07, 6.45) is 3.51. The van der Waals surface area contributed by atoms with Crippen LogP contribution in [0, 0.1) is 6.92 Å². The molecule has 26 heavy (non-hydrogen) atoms. The fourth-order valence-electron chi connectivity index (χ4n) is 3.87. The molecule has 0 aliphatic carbocycles. The highest BCUT2D eigenvalue weighted by Gasteiger charge is 2.48. The van der Waals surface area contributed by atoms with Gasteiger partial charge in [-0.1, -0.05) is 6.07 Å². The number of nitrogens with one attached hydrogen (secondary N) is 1. The molecule has 2 aromatic rings. The zero-order valence-corrected chi connectivity index (χ0v) is 15.3. The zero-order chi connectivity index (χ0) is 18.3. The molecule has 2 aliphatic heterocycles. The van der Waals surface area contributed by atoms with Gasteiger partial charge in [-0.2, -0.15) is 5.10 Å². The number of aryl methyl sites for hydroxylation is 1. The van der Waals surface area contributed by atoms with E-state index in [4.69, 9.17) is 0 Å². The topological polar surface area (TPSA) is 99.3 Å².